The topological polar surface area (TPSA) is 47.3 Å². The van der Waals surface area contributed by atoms with Crippen LogP contribution in [-0.2, 0) is 0 Å². The maximum Gasteiger partial charge on any atom is 0.183 e. The maximum atomic E-state index is 9.02. The minimum Gasteiger partial charge on any atom is -0.508 e. The smallest absolute Gasteiger partial charge is 0.183 e. The van der Waals surface area contributed by atoms with E-state index in [-0.39, 0.29) is 5.75 Å². The zero-order valence-electron chi connectivity index (χ0n) is 6.15. The molecule has 1 aromatic rings. The first-order valence-corrected chi connectivity index (χ1v) is 3.16. The predicted octanol–water partition coefficient (Wildman–Crippen LogP) is 1.31. The summed E-state index contributed by atoms with van der Waals surface area (Å²) in [5.74, 6) is 0.171. The summed E-state index contributed by atoms with van der Waals surface area (Å²) in [7, 11) is 1.63. The number of aromatic hydroxyl groups is 1. The summed E-state index contributed by atoms with van der Waals surface area (Å²) in [6, 6.07) is 6.54. The van der Waals surface area contributed by atoms with Gasteiger partial charge in [-0.25, -0.2) is 0 Å². The third kappa shape index (κ3) is 1.62. The SMILES string of the molecule is CN(C#N)c1cccc(O)c1. The van der Waals surface area contributed by atoms with Gasteiger partial charge in [-0.2, -0.15) is 5.26 Å². The van der Waals surface area contributed by atoms with Crippen LogP contribution in [0.3, 0.4) is 0 Å². The van der Waals surface area contributed by atoms with Crippen molar-refractivity contribution in [3.8, 4) is 11.9 Å². The van der Waals surface area contributed by atoms with E-state index in [1.165, 1.54) is 11.0 Å². The van der Waals surface area contributed by atoms with Crippen molar-refractivity contribution in [2.75, 3.05) is 11.9 Å². The number of nitrogens with zero attached hydrogens (tertiary/aromatic N) is 2. The van der Waals surface area contributed by atoms with Crippen LogP contribution >= 0.6 is 0 Å². The van der Waals surface area contributed by atoms with E-state index in [1.54, 1.807) is 25.2 Å². The molecule has 0 amide bonds. The Balaban J connectivity index is 2.98. The number of hydrogen-bond acceptors (Lipinski definition) is 3. The van der Waals surface area contributed by atoms with Crippen LogP contribution in [0.5, 0.6) is 5.75 Å². The first-order valence-electron chi connectivity index (χ1n) is 3.16. The molecule has 11 heavy (non-hydrogen) atoms. The molecular formula is C8H8N2O. The molecule has 0 aromatic heterocycles. The fraction of sp³-hybridized carbons (Fsp3) is 0.125. The third-order valence-electron chi connectivity index (χ3n) is 1.37. The fourth-order valence-electron chi connectivity index (χ4n) is 0.759. The second-order valence-corrected chi connectivity index (χ2v) is 2.18. The quantitative estimate of drug-likeness (QED) is 0.482. The molecule has 3 heteroatoms. The monoisotopic (exact) mass is 148 g/mol. The number of phenolic OH excluding ortho intramolecular Hbond substituents is 1. The molecule has 3 nitrogen and oxygen atoms in total. The van der Waals surface area contributed by atoms with Gasteiger partial charge in [-0.15, -0.1) is 0 Å². The highest BCUT2D eigenvalue weighted by atomic mass is 16.3. The molecule has 0 aliphatic carbocycles. The van der Waals surface area contributed by atoms with Gasteiger partial charge < -0.3 is 5.11 Å². The van der Waals surface area contributed by atoms with Crippen LogP contribution in [0.15, 0.2) is 24.3 Å². The molecule has 0 saturated heterocycles. The third-order valence-corrected chi connectivity index (χ3v) is 1.37. The second-order valence-electron chi connectivity index (χ2n) is 2.18. The molecule has 0 aliphatic rings. The van der Waals surface area contributed by atoms with Crippen LogP contribution in [0.1, 0.15) is 0 Å². The average Bonchev–Trinajstić information content (AvgIpc) is 2.03. The largest absolute Gasteiger partial charge is 0.508 e. The van der Waals surface area contributed by atoms with E-state index in [9.17, 15) is 0 Å². The number of hydrogen-bond donors (Lipinski definition) is 1. The zero-order chi connectivity index (χ0) is 8.27. The van der Waals surface area contributed by atoms with Crippen LogP contribution in [0.25, 0.3) is 0 Å². The second kappa shape index (κ2) is 2.93. The number of rotatable bonds is 1. The van der Waals surface area contributed by atoms with Gasteiger partial charge in [-0.1, -0.05) is 6.07 Å². The Hall–Kier alpha value is -1.69. The Morgan fingerprint density at radius 3 is 2.82 bits per heavy atom. The normalized spacial score (nSPS) is 8.73. The van der Waals surface area contributed by atoms with Gasteiger partial charge in [0, 0.05) is 13.1 Å². The van der Waals surface area contributed by atoms with Crippen LogP contribution in [0.4, 0.5) is 5.69 Å². The van der Waals surface area contributed by atoms with Gasteiger partial charge in [0.1, 0.15) is 5.75 Å². The Morgan fingerprint density at radius 2 is 2.27 bits per heavy atom. The summed E-state index contributed by atoms with van der Waals surface area (Å²) < 4.78 is 0. The van der Waals surface area contributed by atoms with Crippen molar-refractivity contribution < 1.29 is 5.11 Å². The molecule has 0 saturated carbocycles. The van der Waals surface area contributed by atoms with Crippen LogP contribution < -0.4 is 4.90 Å². The van der Waals surface area contributed by atoms with Crippen LogP contribution in [0, 0.1) is 11.5 Å². The van der Waals surface area contributed by atoms with Crippen molar-refractivity contribution in [2.24, 2.45) is 0 Å². The van der Waals surface area contributed by atoms with E-state index >= 15 is 0 Å². The maximum absolute atomic E-state index is 9.02. The Labute approximate surface area is 65.1 Å². The Kier molecular flexibility index (Phi) is 1.98. The summed E-state index contributed by atoms with van der Waals surface area (Å²) in [5.41, 5.74) is 0.688. The highest BCUT2D eigenvalue weighted by Crippen LogP contribution is 2.17. The molecule has 0 fully saturated rings. The van der Waals surface area contributed by atoms with E-state index in [2.05, 4.69) is 0 Å². The number of anilines is 1. The van der Waals surface area contributed by atoms with Gasteiger partial charge in [0.25, 0.3) is 0 Å². The van der Waals surface area contributed by atoms with Crippen molar-refractivity contribution in [3.05, 3.63) is 24.3 Å². The molecule has 0 unspecified atom stereocenters. The predicted molar refractivity (Wildman–Crippen MR) is 42.1 cm³/mol. The summed E-state index contributed by atoms with van der Waals surface area (Å²) in [4.78, 5) is 1.37. The number of nitriles is 1. The van der Waals surface area contributed by atoms with Crippen LogP contribution in [-0.4, -0.2) is 12.2 Å². The van der Waals surface area contributed by atoms with Crippen molar-refractivity contribution >= 4 is 5.69 Å². The van der Waals surface area contributed by atoms with Crippen molar-refractivity contribution in [1.82, 2.24) is 0 Å². The van der Waals surface area contributed by atoms with Crippen molar-refractivity contribution in [3.63, 3.8) is 0 Å². The lowest BCUT2D eigenvalue weighted by Gasteiger charge is -2.07. The molecule has 0 heterocycles. The Bertz CT molecular complexity index is 290. The fourth-order valence-corrected chi connectivity index (χ4v) is 0.759. The molecule has 1 rings (SSSR count). The van der Waals surface area contributed by atoms with E-state index in [0.717, 1.165) is 0 Å². The zero-order valence-corrected chi connectivity index (χ0v) is 6.15. The first-order chi connectivity index (χ1) is 5.24. The lowest BCUT2D eigenvalue weighted by Crippen LogP contribution is -2.07. The van der Waals surface area contributed by atoms with E-state index in [1.807, 2.05) is 6.19 Å². The summed E-state index contributed by atoms with van der Waals surface area (Å²) in [5, 5.41) is 17.5. The standard InChI is InChI=1S/C8H8N2O/c1-10(6-9)7-3-2-4-8(11)5-7/h2-5,11H,1H3. The molecule has 1 N–H and O–H groups in total. The summed E-state index contributed by atoms with van der Waals surface area (Å²) in [6.45, 7) is 0. The molecule has 0 spiro atoms. The molecule has 0 bridgehead atoms. The van der Waals surface area contributed by atoms with Gasteiger partial charge in [0.15, 0.2) is 6.19 Å². The lowest BCUT2D eigenvalue weighted by atomic mass is 10.3. The van der Waals surface area contributed by atoms with Gasteiger partial charge in [-0.3, -0.25) is 4.90 Å². The van der Waals surface area contributed by atoms with E-state index in [0.29, 0.717) is 5.69 Å². The summed E-state index contributed by atoms with van der Waals surface area (Å²) >= 11 is 0. The number of benzene rings is 1. The molecule has 56 valence electrons. The summed E-state index contributed by atoms with van der Waals surface area (Å²) in [6.07, 6.45) is 1.93. The van der Waals surface area contributed by atoms with Gasteiger partial charge in [0.2, 0.25) is 0 Å². The van der Waals surface area contributed by atoms with Gasteiger partial charge in [0.05, 0.1) is 5.69 Å². The van der Waals surface area contributed by atoms with Crippen molar-refractivity contribution in [1.29, 1.82) is 5.26 Å². The van der Waals surface area contributed by atoms with Crippen LogP contribution in [0.2, 0.25) is 0 Å². The Morgan fingerprint density at radius 1 is 1.55 bits per heavy atom. The van der Waals surface area contributed by atoms with Gasteiger partial charge in [-0.05, 0) is 12.1 Å². The molecular weight excluding hydrogens is 140 g/mol. The first kappa shape index (κ1) is 7.42. The minimum atomic E-state index is 0.171. The van der Waals surface area contributed by atoms with E-state index in [4.69, 9.17) is 10.4 Å². The molecule has 0 atom stereocenters. The highest BCUT2D eigenvalue weighted by molar-refractivity contribution is 5.52. The number of phenols is 1. The average molecular weight is 148 g/mol. The molecule has 0 aliphatic heterocycles. The lowest BCUT2D eigenvalue weighted by molar-refractivity contribution is 0.475. The van der Waals surface area contributed by atoms with E-state index < -0.39 is 0 Å². The molecule has 1 aromatic carbocycles. The van der Waals surface area contributed by atoms with Crippen molar-refractivity contribution in [2.45, 2.75) is 0 Å². The molecule has 0 radical (unpaired) electrons. The highest BCUT2D eigenvalue weighted by Gasteiger charge is 1.97. The van der Waals surface area contributed by atoms with Gasteiger partial charge >= 0.3 is 0 Å². The minimum absolute atomic E-state index is 0.171.